The first-order chi connectivity index (χ1) is 13.7. The van der Waals surface area contributed by atoms with E-state index in [0.717, 1.165) is 49.4 Å². The zero-order valence-electron chi connectivity index (χ0n) is 15.8. The molecule has 5 heterocycles. The number of nitrogens with zero attached hydrogens (tertiary/aromatic N) is 5. The summed E-state index contributed by atoms with van der Waals surface area (Å²) in [5, 5.41) is 2.08. The van der Waals surface area contributed by atoms with Crippen molar-refractivity contribution in [3.05, 3.63) is 47.9 Å². The van der Waals surface area contributed by atoms with Crippen LogP contribution in [0.3, 0.4) is 0 Å². The van der Waals surface area contributed by atoms with E-state index in [0.29, 0.717) is 13.0 Å². The van der Waals surface area contributed by atoms with Crippen LogP contribution in [0.15, 0.2) is 42.3 Å². The number of rotatable bonds is 3. The van der Waals surface area contributed by atoms with E-state index in [9.17, 15) is 4.79 Å². The molecule has 7 heteroatoms. The number of aromatic nitrogens is 3. The molecule has 2 aliphatic heterocycles. The summed E-state index contributed by atoms with van der Waals surface area (Å²) in [6.45, 7) is 3.47. The molecule has 144 valence electrons. The molecule has 0 bridgehead atoms. The molecule has 28 heavy (non-hydrogen) atoms. The van der Waals surface area contributed by atoms with Crippen molar-refractivity contribution in [1.82, 2.24) is 19.9 Å². The molecule has 6 nitrogen and oxygen atoms in total. The van der Waals surface area contributed by atoms with E-state index in [1.54, 1.807) is 30.1 Å². The van der Waals surface area contributed by atoms with Crippen LogP contribution in [0.2, 0.25) is 0 Å². The van der Waals surface area contributed by atoms with Gasteiger partial charge in [0.05, 0.1) is 10.2 Å². The molecule has 2 aliphatic rings. The van der Waals surface area contributed by atoms with Gasteiger partial charge in [-0.2, -0.15) is 0 Å². The van der Waals surface area contributed by atoms with Gasteiger partial charge >= 0.3 is 0 Å². The van der Waals surface area contributed by atoms with E-state index >= 15 is 0 Å². The summed E-state index contributed by atoms with van der Waals surface area (Å²) in [6.07, 6.45) is 9.17. The third-order valence-corrected chi connectivity index (χ3v) is 6.96. The summed E-state index contributed by atoms with van der Waals surface area (Å²) >= 11 is 1.71. The van der Waals surface area contributed by atoms with Crippen LogP contribution < -0.4 is 4.90 Å². The number of carbonyl (C=O) groups is 1. The molecular formula is C21H23N5OS. The molecule has 0 saturated carbocycles. The Kier molecular flexibility index (Phi) is 4.47. The van der Waals surface area contributed by atoms with Gasteiger partial charge < -0.3 is 9.80 Å². The molecule has 5 rings (SSSR count). The second kappa shape index (κ2) is 7.13. The van der Waals surface area contributed by atoms with E-state index in [-0.39, 0.29) is 11.3 Å². The first kappa shape index (κ1) is 17.6. The quantitative estimate of drug-likeness (QED) is 0.682. The largest absolute Gasteiger partial charge is 0.355 e. The fraction of sp³-hybridized carbons (Fsp3) is 0.429. The standard InChI is InChI=1S/C21H23N5OS/c27-18-2-7-21(14-26(18)12-16-3-8-22-9-4-16)6-1-10-25(13-21)20-19-17(5-11-28-19)23-15-24-20/h3-5,8-9,11,15H,1-2,6-7,10,12-14H2. The number of likely N-dealkylation sites (tertiary alicyclic amines) is 1. The van der Waals surface area contributed by atoms with Gasteiger partial charge in [-0.3, -0.25) is 9.78 Å². The minimum Gasteiger partial charge on any atom is -0.355 e. The summed E-state index contributed by atoms with van der Waals surface area (Å²) in [7, 11) is 0. The lowest BCUT2D eigenvalue weighted by molar-refractivity contribution is -0.138. The lowest BCUT2D eigenvalue weighted by atomic mass is 9.73. The summed E-state index contributed by atoms with van der Waals surface area (Å²) in [4.78, 5) is 30.1. The number of piperidine rings is 2. The zero-order chi connectivity index (χ0) is 19.0. The molecule has 0 aromatic carbocycles. The van der Waals surface area contributed by atoms with Gasteiger partial charge in [0.1, 0.15) is 12.1 Å². The van der Waals surface area contributed by atoms with Crippen molar-refractivity contribution in [1.29, 1.82) is 0 Å². The number of thiophene rings is 1. The van der Waals surface area contributed by atoms with Crippen LogP contribution in [0.1, 0.15) is 31.2 Å². The summed E-state index contributed by atoms with van der Waals surface area (Å²) in [5.41, 5.74) is 2.31. The van der Waals surface area contributed by atoms with Crippen LogP contribution in [0.25, 0.3) is 10.2 Å². The summed E-state index contributed by atoms with van der Waals surface area (Å²) in [6, 6.07) is 6.05. The Morgan fingerprint density at radius 2 is 2.00 bits per heavy atom. The third kappa shape index (κ3) is 3.24. The van der Waals surface area contributed by atoms with Gasteiger partial charge in [0.2, 0.25) is 5.91 Å². The van der Waals surface area contributed by atoms with Crippen molar-refractivity contribution in [2.75, 3.05) is 24.5 Å². The molecular weight excluding hydrogens is 370 g/mol. The van der Waals surface area contributed by atoms with Crippen LogP contribution in [0.5, 0.6) is 0 Å². The Bertz CT molecular complexity index is 991. The Balaban J connectivity index is 1.38. The van der Waals surface area contributed by atoms with E-state index in [1.165, 1.54) is 11.1 Å². The third-order valence-electron chi connectivity index (χ3n) is 6.06. The molecule has 0 aliphatic carbocycles. The second-order valence-corrected chi connectivity index (χ2v) is 8.88. The number of pyridine rings is 1. The number of anilines is 1. The number of carbonyl (C=O) groups excluding carboxylic acids is 1. The van der Waals surface area contributed by atoms with Gasteiger partial charge in [-0.15, -0.1) is 11.3 Å². The Morgan fingerprint density at radius 3 is 2.89 bits per heavy atom. The fourth-order valence-electron chi connectivity index (χ4n) is 4.68. The Labute approximate surface area is 168 Å². The maximum Gasteiger partial charge on any atom is 0.222 e. The topological polar surface area (TPSA) is 62.2 Å². The maximum absolute atomic E-state index is 12.6. The van der Waals surface area contributed by atoms with Gasteiger partial charge in [0, 0.05) is 50.4 Å². The lowest BCUT2D eigenvalue weighted by Crippen LogP contribution is -2.54. The number of fused-ring (bicyclic) bond motifs is 1. The predicted molar refractivity (Wildman–Crippen MR) is 110 cm³/mol. The highest BCUT2D eigenvalue weighted by molar-refractivity contribution is 7.17. The van der Waals surface area contributed by atoms with Crippen molar-refractivity contribution >= 4 is 33.3 Å². The molecule has 1 atom stereocenters. The molecule has 3 aromatic rings. The first-order valence-corrected chi connectivity index (χ1v) is 10.7. The van der Waals surface area contributed by atoms with Crippen molar-refractivity contribution in [3.63, 3.8) is 0 Å². The summed E-state index contributed by atoms with van der Waals surface area (Å²) < 4.78 is 1.17. The van der Waals surface area contributed by atoms with Gasteiger partial charge in [-0.05, 0) is 48.4 Å². The van der Waals surface area contributed by atoms with Crippen molar-refractivity contribution in [3.8, 4) is 0 Å². The van der Waals surface area contributed by atoms with Gasteiger partial charge in [0.15, 0.2) is 0 Å². The molecule has 1 unspecified atom stereocenters. The Hall–Kier alpha value is -2.54. The average molecular weight is 394 g/mol. The molecule has 0 radical (unpaired) electrons. The molecule has 0 N–H and O–H groups in total. The fourth-order valence-corrected chi connectivity index (χ4v) is 5.54. The highest BCUT2D eigenvalue weighted by atomic mass is 32.1. The number of amides is 1. The van der Waals surface area contributed by atoms with E-state index in [4.69, 9.17) is 0 Å². The van der Waals surface area contributed by atoms with Crippen molar-refractivity contribution in [2.45, 2.75) is 32.2 Å². The van der Waals surface area contributed by atoms with Crippen LogP contribution in [0.4, 0.5) is 5.82 Å². The van der Waals surface area contributed by atoms with Crippen LogP contribution in [-0.4, -0.2) is 45.4 Å². The van der Waals surface area contributed by atoms with Crippen LogP contribution >= 0.6 is 11.3 Å². The normalized spacial score (nSPS) is 22.9. The molecule has 2 fully saturated rings. The molecule has 2 saturated heterocycles. The highest BCUT2D eigenvalue weighted by Gasteiger charge is 2.42. The number of hydrogen-bond acceptors (Lipinski definition) is 6. The van der Waals surface area contributed by atoms with Gasteiger partial charge in [-0.25, -0.2) is 9.97 Å². The molecule has 1 spiro atoms. The predicted octanol–water partition coefficient (Wildman–Crippen LogP) is 3.50. The monoisotopic (exact) mass is 393 g/mol. The van der Waals surface area contributed by atoms with Crippen molar-refractivity contribution in [2.24, 2.45) is 5.41 Å². The van der Waals surface area contributed by atoms with E-state index in [2.05, 4.69) is 31.3 Å². The van der Waals surface area contributed by atoms with Gasteiger partial charge in [-0.1, -0.05) is 0 Å². The van der Waals surface area contributed by atoms with Crippen LogP contribution in [-0.2, 0) is 11.3 Å². The van der Waals surface area contributed by atoms with E-state index in [1.807, 2.05) is 17.0 Å². The van der Waals surface area contributed by atoms with Crippen molar-refractivity contribution < 1.29 is 4.79 Å². The number of hydrogen-bond donors (Lipinski definition) is 0. The van der Waals surface area contributed by atoms with E-state index < -0.39 is 0 Å². The first-order valence-electron chi connectivity index (χ1n) is 9.82. The highest BCUT2D eigenvalue weighted by Crippen LogP contribution is 2.41. The zero-order valence-corrected chi connectivity index (χ0v) is 16.6. The smallest absolute Gasteiger partial charge is 0.222 e. The SMILES string of the molecule is O=C1CCC2(CCCN(c3ncnc4ccsc34)C2)CN1Cc1ccncc1. The molecule has 1 amide bonds. The lowest BCUT2D eigenvalue weighted by Gasteiger charge is -2.48. The maximum atomic E-state index is 12.6. The minimum absolute atomic E-state index is 0.147. The summed E-state index contributed by atoms with van der Waals surface area (Å²) in [5.74, 6) is 1.32. The second-order valence-electron chi connectivity index (χ2n) is 7.96. The van der Waals surface area contributed by atoms with Gasteiger partial charge in [0.25, 0.3) is 0 Å². The minimum atomic E-state index is 0.147. The Morgan fingerprint density at radius 1 is 1.11 bits per heavy atom. The average Bonchev–Trinajstić information content (AvgIpc) is 3.21. The van der Waals surface area contributed by atoms with Crippen LogP contribution in [0, 0.1) is 5.41 Å². The molecule has 3 aromatic heterocycles.